The molecule has 3 aliphatic carbocycles. The summed E-state index contributed by atoms with van der Waals surface area (Å²) in [6, 6.07) is 7.28. The lowest BCUT2D eigenvalue weighted by Gasteiger charge is -2.32. The molecule has 1 amide bonds. The van der Waals surface area contributed by atoms with E-state index in [9.17, 15) is 4.79 Å². The molecule has 23 heavy (non-hydrogen) atoms. The summed E-state index contributed by atoms with van der Waals surface area (Å²) in [5, 5.41) is 2.82. The lowest BCUT2D eigenvalue weighted by atomic mass is 9.79. The molecule has 1 aliphatic heterocycles. The Kier molecular flexibility index (Phi) is 2.89. The first-order valence-electron chi connectivity index (χ1n) is 8.50. The Bertz CT molecular complexity index is 630. The zero-order valence-corrected chi connectivity index (χ0v) is 13.1. The van der Waals surface area contributed by atoms with Gasteiger partial charge in [0.25, 0.3) is 0 Å². The highest BCUT2D eigenvalue weighted by Gasteiger charge is 2.67. The first kappa shape index (κ1) is 13.7. The molecule has 1 heterocycles. The van der Waals surface area contributed by atoms with E-state index in [0.29, 0.717) is 24.0 Å². The molecule has 3 saturated carbocycles. The van der Waals surface area contributed by atoms with Crippen LogP contribution in [0, 0.1) is 23.7 Å². The fraction of sp³-hybridized carbons (Fsp3) is 0.611. The van der Waals surface area contributed by atoms with E-state index < -0.39 is 0 Å². The number of anilines is 1. The molecule has 4 fully saturated rings. The molecule has 7 atom stereocenters. The van der Waals surface area contributed by atoms with Crippen molar-refractivity contribution in [3.05, 3.63) is 24.3 Å². The minimum absolute atomic E-state index is 0.0806. The third kappa shape index (κ3) is 2.13. The number of hydrogen-bond acceptors (Lipinski definition) is 4. The summed E-state index contributed by atoms with van der Waals surface area (Å²) in [7, 11) is 1.62. The van der Waals surface area contributed by atoms with Crippen LogP contribution in [0.1, 0.15) is 19.3 Å². The number of ether oxygens (including phenoxy) is 3. The average molecular weight is 315 g/mol. The zero-order chi connectivity index (χ0) is 15.6. The predicted molar refractivity (Wildman–Crippen MR) is 83.4 cm³/mol. The van der Waals surface area contributed by atoms with Crippen LogP contribution in [-0.4, -0.2) is 31.5 Å². The van der Waals surface area contributed by atoms with Crippen LogP contribution in [0.3, 0.4) is 0 Å². The number of methoxy groups -OCH3 is 1. The topological polar surface area (TPSA) is 60.1 Å². The van der Waals surface area contributed by atoms with Gasteiger partial charge in [-0.2, -0.15) is 0 Å². The van der Waals surface area contributed by atoms with Gasteiger partial charge in [0.15, 0.2) is 0 Å². The van der Waals surface area contributed by atoms with Crippen LogP contribution in [0.25, 0.3) is 0 Å². The van der Waals surface area contributed by atoms with Crippen molar-refractivity contribution in [3.8, 4) is 5.75 Å². The van der Waals surface area contributed by atoms with Crippen LogP contribution in [0.4, 0.5) is 10.5 Å². The van der Waals surface area contributed by atoms with E-state index in [1.165, 1.54) is 12.8 Å². The van der Waals surface area contributed by atoms with Gasteiger partial charge in [-0.15, -0.1) is 0 Å². The van der Waals surface area contributed by atoms with Gasteiger partial charge in [-0.05, 0) is 67.2 Å². The highest BCUT2D eigenvalue weighted by atomic mass is 16.6. The molecule has 5 heteroatoms. The van der Waals surface area contributed by atoms with E-state index in [1.54, 1.807) is 7.11 Å². The molecule has 5 rings (SSSR count). The summed E-state index contributed by atoms with van der Waals surface area (Å²) in [6.45, 7) is 0. The van der Waals surface area contributed by atoms with Crippen molar-refractivity contribution in [2.24, 2.45) is 23.7 Å². The van der Waals surface area contributed by atoms with E-state index in [4.69, 9.17) is 14.2 Å². The van der Waals surface area contributed by atoms with Gasteiger partial charge in [-0.3, -0.25) is 5.32 Å². The highest BCUT2D eigenvalue weighted by molar-refractivity contribution is 5.84. The third-order valence-electron chi connectivity index (χ3n) is 6.28. The van der Waals surface area contributed by atoms with Gasteiger partial charge in [0, 0.05) is 5.69 Å². The van der Waals surface area contributed by atoms with E-state index in [2.05, 4.69) is 5.32 Å². The van der Waals surface area contributed by atoms with Crippen molar-refractivity contribution >= 4 is 11.8 Å². The Balaban J connectivity index is 1.20. The van der Waals surface area contributed by atoms with Crippen molar-refractivity contribution in [3.63, 3.8) is 0 Å². The summed E-state index contributed by atoms with van der Waals surface area (Å²) in [6.07, 6.45) is 4.18. The molecule has 1 aromatic carbocycles. The van der Waals surface area contributed by atoms with Gasteiger partial charge in [-0.1, -0.05) is 0 Å². The number of benzene rings is 1. The van der Waals surface area contributed by atoms with Crippen molar-refractivity contribution in [1.29, 1.82) is 0 Å². The first-order chi connectivity index (χ1) is 11.2. The lowest BCUT2D eigenvalue weighted by molar-refractivity contribution is 0.0251. The molecule has 0 aromatic heterocycles. The van der Waals surface area contributed by atoms with Gasteiger partial charge in [0.1, 0.15) is 11.9 Å². The number of rotatable bonds is 3. The third-order valence-corrected chi connectivity index (χ3v) is 6.28. The Labute approximate surface area is 135 Å². The quantitative estimate of drug-likeness (QED) is 0.871. The van der Waals surface area contributed by atoms with E-state index >= 15 is 0 Å². The first-order valence-corrected chi connectivity index (χ1v) is 8.50. The monoisotopic (exact) mass is 315 g/mol. The van der Waals surface area contributed by atoms with Crippen LogP contribution in [0.2, 0.25) is 0 Å². The Hall–Kier alpha value is -1.75. The maximum absolute atomic E-state index is 12.2. The fourth-order valence-corrected chi connectivity index (χ4v) is 5.36. The molecule has 2 bridgehead atoms. The molecular formula is C18H21NO4. The minimum Gasteiger partial charge on any atom is -0.497 e. The van der Waals surface area contributed by atoms with Crippen LogP contribution in [0.15, 0.2) is 24.3 Å². The Morgan fingerprint density at radius 2 is 2.00 bits per heavy atom. The molecule has 4 aliphatic rings. The molecule has 0 spiro atoms. The van der Waals surface area contributed by atoms with Gasteiger partial charge in [-0.25, -0.2) is 4.79 Å². The Morgan fingerprint density at radius 1 is 1.17 bits per heavy atom. The van der Waals surface area contributed by atoms with Crippen LogP contribution < -0.4 is 10.1 Å². The van der Waals surface area contributed by atoms with Gasteiger partial charge < -0.3 is 14.2 Å². The normalized spacial score (nSPS) is 42.0. The number of epoxide rings is 1. The van der Waals surface area contributed by atoms with Crippen molar-refractivity contribution < 1.29 is 19.0 Å². The SMILES string of the molecule is COc1ccc(NC(=O)O[C@@H]2C[C@H]3C[C@@H]2[C@H]2C[C@H]4O[C@@H]4[C@H]32)cc1. The number of amides is 1. The van der Waals surface area contributed by atoms with Crippen molar-refractivity contribution in [2.75, 3.05) is 12.4 Å². The zero-order valence-electron chi connectivity index (χ0n) is 13.1. The van der Waals surface area contributed by atoms with Crippen LogP contribution in [0.5, 0.6) is 5.75 Å². The maximum Gasteiger partial charge on any atom is 0.411 e. The smallest absolute Gasteiger partial charge is 0.411 e. The standard InChI is InChI=1S/C18H21NO4/c1-21-11-4-2-10(3-5-11)19-18(20)23-14-7-9-6-12(14)13-8-15-17(22-15)16(9)13/h2-5,9,12-17H,6-8H2,1H3,(H,19,20)/t9-,12-,13-,14-,15-,16-,17+/m1/s1. The summed E-state index contributed by atoms with van der Waals surface area (Å²) < 4.78 is 16.6. The van der Waals surface area contributed by atoms with Crippen molar-refractivity contribution in [1.82, 2.24) is 0 Å². The number of nitrogens with one attached hydrogen (secondary N) is 1. The second kappa shape index (κ2) is 4.87. The molecule has 1 N–H and O–H groups in total. The second-order valence-electron chi connectivity index (χ2n) is 7.31. The number of hydrogen-bond donors (Lipinski definition) is 1. The Morgan fingerprint density at radius 3 is 2.78 bits per heavy atom. The summed E-state index contributed by atoms with van der Waals surface area (Å²) in [5.41, 5.74) is 0.729. The van der Waals surface area contributed by atoms with Crippen LogP contribution >= 0.6 is 0 Å². The number of carbonyl (C=O) groups is 1. The largest absolute Gasteiger partial charge is 0.497 e. The predicted octanol–water partition coefficient (Wildman–Crippen LogP) is 3.06. The minimum atomic E-state index is -0.344. The molecular weight excluding hydrogens is 294 g/mol. The lowest BCUT2D eigenvalue weighted by Crippen LogP contribution is -2.35. The number of fused-ring (bicyclic) bond motifs is 7. The molecule has 0 radical (unpaired) electrons. The van der Waals surface area contributed by atoms with Crippen molar-refractivity contribution in [2.45, 2.75) is 37.6 Å². The summed E-state index contributed by atoms with van der Waals surface area (Å²) in [5.74, 6) is 3.47. The molecule has 0 unspecified atom stereocenters. The van der Waals surface area contributed by atoms with E-state index in [1.807, 2.05) is 24.3 Å². The maximum atomic E-state index is 12.2. The van der Waals surface area contributed by atoms with Gasteiger partial charge in [0.05, 0.1) is 19.3 Å². The van der Waals surface area contributed by atoms with Gasteiger partial charge >= 0.3 is 6.09 Å². The molecule has 122 valence electrons. The molecule has 1 saturated heterocycles. The highest BCUT2D eigenvalue weighted by Crippen LogP contribution is 2.64. The number of carbonyl (C=O) groups excluding carboxylic acids is 1. The average Bonchev–Trinajstić information content (AvgIpc) is 2.92. The summed E-state index contributed by atoms with van der Waals surface area (Å²) >= 11 is 0. The van der Waals surface area contributed by atoms with Crippen LogP contribution in [-0.2, 0) is 9.47 Å². The second-order valence-corrected chi connectivity index (χ2v) is 7.31. The van der Waals surface area contributed by atoms with Gasteiger partial charge in [0.2, 0.25) is 0 Å². The molecule has 5 nitrogen and oxygen atoms in total. The van der Waals surface area contributed by atoms with E-state index in [0.717, 1.165) is 29.7 Å². The fourth-order valence-electron chi connectivity index (χ4n) is 5.36. The van der Waals surface area contributed by atoms with E-state index in [-0.39, 0.29) is 12.2 Å². The summed E-state index contributed by atoms with van der Waals surface area (Å²) in [4.78, 5) is 12.2. The molecule has 1 aromatic rings.